The molecule has 0 aromatic heterocycles. The lowest BCUT2D eigenvalue weighted by atomic mass is 10.1. The molecule has 0 aliphatic carbocycles. The number of aromatic hydroxyl groups is 1. The molecule has 0 fully saturated rings. The lowest BCUT2D eigenvalue weighted by Crippen LogP contribution is -2.24. The minimum atomic E-state index is -0.232. The molecule has 0 spiro atoms. The number of phenols is 1. The van der Waals surface area contributed by atoms with Crippen LogP contribution < -0.4 is 11.1 Å². The van der Waals surface area contributed by atoms with Crippen molar-refractivity contribution >= 4 is 17.7 Å². The van der Waals surface area contributed by atoms with Gasteiger partial charge < -0.3 is 20.9 Å². The third-order valence-corrected chi connectivity index (χ3v) is 2.09. The van der Waals surface area contributed by atoms with E-state index in [1.807, 2.05) is 0 Å². The second-order valence-corrected chi connectivity index (χ2v) is 3.43. The van der Waals surface area contributed by atoms with Crippen LogP contribution in [0.3, 0.4) is 0 Å². The summed E-state index contributed by atoms with van der Waals surface area (Å²) in [4.78, 5) is 11.3. The summed E-state index contributed by atoms with van der Waals surface area (Å²) in [7, 11) is 1.56. The molecule has 0 radical (unpaired) electrons. The number of carbonyl (C=O) groups excluding carboxylic acids is 1. The zero-order chi connectivity index (χ0) is 12.7. The second kappa shape index (κ2) is 6.55. The van der Waals surface area contributed by atoms with E-state index in [2.05, 4.69) is 5.32 Å². The number of phenolic OH excluding ortho intramolecular Hbond substituents is 1. The van der Waals surface area contributed by atoms with Gasteiger partial charge in [0.15, 0.2) is 0 Å². The highest BCUT2D eigenvalue weighted by Gasteiger charge is 1.98. The first-order chi connectivity index (χ1) is 8.13. The highest BCUT2D eigenvalue weighted by molar-refractivity contribution is 5.92. The predicted octanol–water partition coefficient (Wildman–Crippen LogP) is 0.750. The summed E-state index contributed by atoms with van der Waals surface area (Å²) in [5, 5.41) is 11.9. The quantitative estimate of drug-likeness (QED) is 0.305. The number of nitrogens with two attached hydrogens (primary N) is 1. The van der Waals surface area contributed by atoms with Crippen molar-refractivity contribution < 1.29 is 14.6 Å². The summed E-state index contributed by atoms with van der Waals surface area (Å²) >= 11 is 0. The van der Waals surface area contributed by atoms with Gasteiger partial charge in [-0.05, 0) is 24.3 Å². The third kappa shape index (κ3) is 4.56. The van der Waals surface area contributed by atoms with Gasteiger partial charge in [-0.2, -0.15) is 0 Å². The van der Waals surface area contributed by atoms with E-state index in [1.165, 1.54) is 18.2 Å². The minimum absolute atomic E-state index is 0.110. The van der Waals surface area contributed by atoms with Crippen molar-refractivity contribution in [1.82, 2.24) is 5.32 Å². The van der Waals surface area contributed by atoms with Crippen molar-refractivity contribution in [2.45, 2.75) is 0 Å². The van der Waals surface area contributed by atoms with Crippen LogP contribution in [0, 0.1) is 0 Å². The van der Waals surface area contributed by atoms with Crippen LogP contribution in [0.1, 0.15) is 5.56 Å². The lowest BCUT2D eigenvalue weighted by molar-refractivity contribution is -0.116. The van der Waals surface area contributed by atoms with E-state index < -0.39 is 0 Å². The zero-order valence-electron chi connectivity index (χ0n) is 9.64. The Labute approximate surface area is 99.9 Å². The van der Waals surface area contributed by atoms with Gasteiger partial charge in [0.1, 0.15) is 5.75 Å². The normalized spacial score (nSPS) is 10.6. The van der Waals surface area contributed by atoms with Crippen molar-refractivity contribution in [3.05, 3.63) is 29.8 Å². The first-order valence-electron chi connectivity index (χ1n) is 5.17. The fourth-order valence-corrected chi connectivity index (χ4v) is 1.21. The number of nitrogens with one attached hydrogen (secondary N) is 1. The van der Waals surface area contributed by atoms with Gasteiger partial charge in [-0.25, -0.2) is 0 Å². The van der Waals surface area contributed by atoms with Crippen LogP contribution in [0.2, 0.25) is 0 Å². The van der Waals surface area contributed by atoms with E-state index in [9.17, 15) is 9.90 Å². The molecule has 1 aromatic carbocycles. The molecule has 4 N–H and O–H groups in total. The van der Waals surface area contributed by atoms with Crippen LogP contribution in [-0.4, -0.2) is 31.3 Å². The predicted molar refractivity (Wildman–Crippen MR) is 66.4 cm³/mol. The fourth-order valence-electron chi connectivity index (χ4n) is 1.21. The highest BCUT2D eigenvalue weighted by atomic mass is 16.5. The first-order valence-corrected chi connectivity index (χ1v) is 5.17. The Bertz CT molecular complexity index is 416. The van der Waals surface area contributed by atoms with E-state index in [0.717, 1.165) is 0 Å². The monoisotopic (exact) mass is 236 g/mol. The van der Waals surface area contributed by atoms with Crippen molar-refractivity contribution in [3.8, 4) is 5.75 Å². The number of rotatable bonds is 5. The minimum Gasteiger partial charge on any atom is -0.508 e. The standard InChI is InChI=1S/C12H16N2O3/c1-17-7-6-14-12(16)5-2-9-8-10(15)3-4-11(9)13/h2-5,8,15H,6-7,13H2,1H3,(H,14,16)/b5-2+. The third-order valence-electron chi connectivity index (χ3n) is 2.09. The molecule has 0 unspecified atom stereocenters. The van der Waals surface area contributed by atoms with E-state index in [-0.39, 0.29) is 11.7 Å². The van der Waals surface area contributed by atoms with Gasteiger partial charge in [0.25, 0.3) is 0 Å². The zero-order valence-corrected chi connectivity index (χ0v) is 9.64. The molecule has 0 aliphatic heterocycles. The second-order valence-electron chi connectivity index (χ2n) is 3.43. The fraction of sp³-hybridized carbons (Fsp3) is 0.250. The Balaban J connectivity index is 2.57. The smallest absolute Gasteiger partial charge is 0.244 e. The Hall–Kier alpha value is -2.01. The summed E-state index contributed by atoms with van der Waals surface area (Å²) < 4.78 is 4.80. The highest BCUT2D eigenvalue weighted by Crippen LogP contribution is 2.19. The van der Waals surface area contributed by atoms with Crippen LogP contribution in [-0.2, 0) is 9.53 Å². The largest absolute Gasteiger partial charge is 0.508 e. The molecular formula is C12H16N2O3. The van der Waals surface area contributed by atoms with E-state index in [1.54, 1.807) is 19.3 Å². The van der Waals surface area contributed by atoms with Crippen LogP contribution in [0.25, 0.3) is 6.08 Å². The summed E-state index contributed by atoms with van der Waals surface area (Å²) in [6, 6.07) is 4.57. The van der Waals surface area contributed by atoms with Gasteiger partial charge in [-0.15, -0.1) is 0 Å². The average Bonchev–Trinajstić information content (AvgIpc) is 2.31. The summed E-state index contributed by atoms with van der Waals surface area (Å²) in [6.07, 6.45) is 2.91. The number of ether oxygens (including phenoxy) is 1. The molecular weight excluding hydrogens is 220 g/mol. The Morgan fingerprint density at radius 3 is 3.06 bits per heavy atom. The van der Waals surface area contributed by atoms with Crippen LogP contribution in [0.5, 0.6) is 5.75 Å². The number of hydrogen-bond donors (Lipinski definition) is 3. The maximum atomic E-state index is 11.3. The van der Waals surface area contributed by atoms with E-state index >= 15 is 0 Å². The average molecular weight is 236 g/mol. The topological polar surface area (TPSA) is 84.6 Å². The Morgan fingerprint density at radius 2 is 2.35 bits per heavy atom. The van der Waals surface area contributed by atoms with Gasteiger partial charge >= 0.3 is 0 Å². The molecule has 0 saturated heterocycles. The molecule has 0 aliphatic rings. The first kappa shape index (κ1) is 13.1. The lowest BCUT2D eigenvalue weighted by Gasteiger charge is -2.02. The van der Waals surface area contributed by atoms with E-state index in [0.29, 0.717) is 24.4 Å². The maximum Gasteiger partial charge on any atom is 0.244 e. The van der Waals surface area contributed by atoms with Gasteiger partial charge in [0, 0.05) is 31.0 Å². The number of nitrogen functional groups attached to an aromatic ring is 1. The van der Waals surface area contributed by atoms with Crippen LogP contribution in [0.15, 0.2) is 24.3 Å². The van der Waals surface area contributed by atoms with Crippen molar-refractivity contribution in [3.63, 3.8) is 0 Å². The van der Waals surface area contributed by atoms with E-state index in [4.69, 9.17) is 10.5 Å². The molecule has 5 nitrogen and oxygen atoms in total. The Morgan fingerprint density at radius 1 is 1.59 bits per heavy atom. The molecule has 92 valence electrons. The molecule has 0 saturated carbocycles. The number of carbonyl (C=O) groups is 1. The van der Waals surface area contributed by atoms with Gasteiger partial charge in [-0.3, -0.25) is 4.79 Å². The molecule has 17 heavy (non-hydrogen) atoms. The Kier molecular flexibility index (Phi) is 5.03. The summed E-state index contributed by atoms with van der Waals surface area (Å²) in [5.41, 5.74) is 6.79. The van der Waals surface area contributed by atoms with Crippen molar-refractivity contribution in [2.75, 3.05) is 26.0 Å². The van der Waals surface area contributed by atoms with Gasteiger partial charge in [-0.1, -0.05) is 0 Å². The van der Waals surface area contributed by atoms with Crippen LogP contribution in [0.4, 0.5) is 5.69 Å². The summed E-state index contributed by atoms with van der Waals surface area (Å²) in [5.74, 6) is -0.122. The number of benzene rings is 1. The summed E-state index contributed by atoms with van der Waals surface area (Å²) in [6.45, 7) is 0.920. The van der Waals surface area contributed by atoms with Crippen LogP contribution >= 0.6 is 0 Å². The molecule has 1 amide bonds. The van der Waals surface area contributed by atoms with Crippen molar-refractivity contribution in [1.29, 1.82) is 0 Å². The number of methoxy groups -OCH3 is 1. The molecule has 5 heteroatoms. The number of anilines is 1. The SMILES string of the molecule is COCCNC(=O)/C=C/c1cc(O)ccc1N. The number of amides is 1. The molecule has 0 atom stereocenters. The maximum absolute atomic E-state index is 11.3. The van der Waals surface area contributed by atoms with Gasteiger partial charge in [0.05, 0.1) is 6.61 Å². The van der Waals surface area contributed by atoms with Gasteiger partial charge in [0.2, 0.25) is 5.91 Å². The number of hydrogen-bond acceptors (Lipinski definition) is 4. The van der Waals surface area contributed by atoms with Crippen molar-refractivity contribution in [2.24, 2.45) is 0 Å². The molecule has 1 rings (SSSR count). The molecule has 0 bridgehead atoms. The molecule has 0 heterocycles. The molecule has 1 aromatic rings.